The van der Waals surface area contributed by atoms with Crippen molar-refractivity contribution in [1.82, 2.24) is 4.90 Å². The number of hydrogen-bond acceptors (Lipinski definition) is 6. The summed E-state index contributed by atoms with van der Waals surface area (Å²) in [5, 5.41) is -1.86. The van der Waals surface area contributed by atoms with Crippen molar-refractivity contribution in [3.05, 3.63) is 0 Å². The summed E-state index contributed by atoms with van der Waals surface area (Å²) in [6.07, 6.45) is -0.488. The monoisotopic (exact) mass is 349 g/mol. The van der Waals surface area contributed by atoms with E-state index in [1.54, 1.807) is 20.8 Å². The summed E-state index contributed by atoms with van der Waals surface area (Å²) in [5.41, 5.74) is -0.592. The number of sulfone groups is 1. The molecule has 134 valence electrons. The van der Waals surface area contributed by atoms with Gasteiger partial charge in [-0.2, -0.15) is 0 Å². The third-order valence-electron chi connectivity index (χ3n) is 3.56. The molecule has 1 heterocycles. The molecule has 0 saturated carbocycles. The van der Waals surface area contributed by atoms with Crippen molar-refractivity contribution in [3.63, 3.8) is 0 Å². The van der Waals surface area contributed by atoms with Gasteiger partial charge in [0.15, 0.2) is 15.1 Å². The summed E-state index contributed by atoms with van der Waals surface area (Å²) in [6.45, 7) is 10.3. The second-order valence-electron chi connectivity index (χ2n) is 7.05. The van der Waals surface area contributed by atoms with Gasteiger partial charge in [-0.1, -0.05) is 0 Å². The molecule has 1 aliphatic heterocycles. The zero-order valence-corrected chi connectivity index (χ0v) is 15.5. The van der Waals surface area contributed by atoms with Gasteiger partial charge in [-0.05, 0) is 41.5 Å². The third kappa shape index (κ3) is 5.37. The average Bonchev–Trinajstić information content (AvgIpc) is 2.84. The normalized spacial score (nSPS) is 20.5. The molecule has 0 bridgehead atoms. The van der Waals surface area contributed by atoms with E-state index in [4.69, 9.17) is 9.47 Å². The first-order chi connectivity index (χ1) is 10.3. The Bertz CT molecular complexity index is 549. The molecular weight excluding hydrogens is 322 g/mol. The van der Waals surface area contributed by atoms with E-state index in [0.29, 0.717) is 13.0 Å². The van der Waals surface area contributed by atoms with Gasteiger partial charge >= 0.3 is 12.1 Å². The van der Waals surface area contributed by atoms with Gasteiger partial charge in [0, 0.05) is 13.0 Å². The van der Waals surface area contributed by atoms with Crippen LogP contribution in [0, 0.1) is 0 Å². The van der Waals surface area contributed by atoms with Crippen LogP contribution >= 0.6 is 0 Å². The Morgan fingerprint density at radius 2 is 1.74 bits per heavy atom. The highest BCUT2D eigenvalue weighted by Gasteiger charge is 2.36. The van der Waals surface area contributed by atoms with Crippen LogP contribution in [0.25, 0.3) is 0 Å². The molecule has 0 aliphatic carbocycles. The van der Waals surface area contributed by atoms with Crippen molar-refractivity contribution in [2.45, 2.75) is 70.2 Å². The maximum atomic E-state index is 12.0. The minimum atomic E-state index is -3.55. The number of likely N-dealkylation sites (tertiary alicyclic amines) is 1. The van der Waals surface area contributed by atoms with Gasteiger partial charge < -0.3 is 14.4 Å². The highest BCUT2D eigenvalue weighted by atomic mass is 32.2. The topological polar surface area (TPSA) is 90.0 Å². The lowest BCUT2D eigenvalue weighted by atomic mass is 10.2. The quantitative estimate of drug-likeness (QED) is 0.718. The summed E-state index contributed by atoms with van der Waals surface area (Å²) >= 11 is 0. The number of carbonyl (C=O) groups is 2. The van der Waals surface area contributed by atoms with Gasteiger partial charge in [0.25, 0.3) is 0 Å². The van der Waals surface area contributed by atoms with Crippen LogP contribution in [0.15, 0.2) is 0 Å². The SMILES string of the molecule is CC(C)S(=O)(=O)[C@@H](C)C(=O)O[C@H]1CCN(C(=O)OC(C)(C)C)C1. The van der Waals surface area contributed by atoms with Gasteiger partial charge in [0.1, 0.15) is 11.7 Å². The molecule has 7 nitrogen and oxygen atoms in total. The molecule has 1 aliphatic rings. The Morgan fingerprint density at radius 3 is 2.22 bits per heavy atom. The Labute approximate surface area is 138 Å². The molecule has 0 aromatic carbocycles. The molecule has 0 aromatic heterocycles. The van der Waals surface area contributed by atoms with Crippen LogP contribution in [0.5, 0.6) is 0 Å². The number of ether oxygens (including phenoxy) is 2. The van der Waals surface area contributed by atoms with E-state index in [0.717, 1.165) is 0 Å². The van der Waals surface area contributed by atoms with E-state index < -0.39 is 44.1 Å². The van der Waals surface area contributed by atoms with Gasteiger partial charge in [-0.25, -0.2) is 13.2 Å². The first kappa shape index (κ1) is 19.7. The van der Waals surface area contributed by atoms with E-state index in [1.807, 2.05) is 0 Å². The second kappa shape index (κ2) is 7.07. The molecule has 0 spiro atoms. The molecule has 8 heteroatoms. The standard InChI is InChI=1S/C15H27NO6S/c1-10(2)23(19,20)11(3)13(17)21-12-7-8-16(9-12)14(18)22-15(4,5)6/h10-12H,7-9H2,1-6H3/t11-,12-/m0/s1. The summed E-state index contributed by atoms with van der Waals surface area (Å²) < 4.78 is 34.5. The molecule has 1 saturated heterocycles. The molecule has 0 radical (unpaired) electrons. The minimum absolute atomic E-state index is 0.217. The molecule has 2 atom stereocenters. The van der Waals surface area contributed by atoms with Crippen molar-refractivity contribution in [2.24, 2.45) is 0 Å². The predicted molar refractivity (Wildman–Crippen MR) is 85.8 cm³/mol. The second-order valence-corrected chi connectivity index (χ2v) is 9.88. The Balaban J connectivity index is 2.58. The van der Waals surface area contributed by atoms with E-state index in [2.05, 4.69) is 0 Å². The van der Waals surface area contributed by atoms with Crippen LogP contribution in [-0.2, 0) is 24.1 Å². The Hall–Kier alpha value is -1.31. The minimum Gasteiger partial charge on any atom is -0.459 e. The molecule has 0 N–H and O–H groups in total. The molecule has 1 fully saturated rings. The number of esters is 1. The van der Waals surface area contributed by atoms with Gasteiger partial charge in [-0.15, -0.1) is 0 Å². The lowest BCUT2D eigenvalue weighted by Gasteiger charge is -2.24. The smallest absolute Gasteiger partial charge is 0.410 e. The van der Waals surface area contributed by atoms with Crippen LogP contribution < -0.4 is 0 Å². The van der Waals surface area contributed by atoms with Gasteiger partial charge in [-0.3, -0.25) is 4.79 Å². The number of hydrogen-bond donors (Lipinski definition) is 0. The van der Waals surface area contributed by atoms with Gasteiger partial charge in [0.2, 0.25) is 0 Å². The molecular formula is C15H27NO6S. The summed E-state index contributed by atoms with van der Waals surface area (Å²) in [4.78, 5) is 25.4. The largest absolute Gasteiger partial charge is 0.459 e. The van der Waals surface area contributed by atoms with Crippen LogP contribution in [0.2, 0.25) is 0 Å². The molecule has 0 aromatic rings. The van der Waals surface area contributed by atoms with Crippen LogP contribution in [-0.4, -0.2) is 60.7 Å². The highest BCUT2D eigenvalue weighted by Crippen LogP contribution is 2.19. The number of rotatable bonds is 4. The van der Waals surface area contributed by atoms with Crippen LogP contribution in [0.1, 0.15) is 48.0 Å². The predicted octanol–water partition coefficient (Wildman–Crippen LogP) is 1.75. The van der Waals surface area contributed by atoms with Crippen molar-refractivity contribution >= 4 is 21.9 Å². The van der Waals surface area contributed by atoms with E-state index in [9.17, 15) is 18.0 Å². The van der Waals surface area contributed by atoms with Crippen molar-refractivity contribution in [3.8, 4) is 0 Å². The summed E-state index contributed by atoms with van der Waals surface area (Å²) in [7, 11) is -3.55. The maximum absolute atomic E-state index is 12.0. The molecule has 23 heavy (non-hydrogen) atoms. The Kier molecular flexibility index (Phi) is 6.06. The van der Waals surface area contributed by atoms with Crippen molar-refractivity contribution in [2.75, 3.05) is 13.1 Å². The van der Waals surface area contributed by atoms with Crippen molar-refractivity contribution in [1.29, 1.82) is 0 Å². The zero-order valence-electron chi connectivity index (χ0n) is 14.7. The van der Waals surface area contributed by atoms with Crippen LogP contribution in [0.3, 0.4) is 0 Å². The van der Waals surface area contributed by atoms with Crippen LogP contribution in [0.4, 0.5) is 4.79 Å². The first-order valence-electron chi connectivity index (χ1n) is 7.75. The fourth-order valence-electron chi connectivity index (χ4n) is 2.12. The van der Waals surface area contributed by atoms with E-state index in [-0.39, 0.29) is 6.54 Å². The zero-order chi connectivity index (χ0) is 18.0. The highest BCUT2D eigenvalue weighted by molar-refractivity contribution is 7.93. The third-order valence-corrected chi connectivity index (χ3v) is 6.05. The molecule has 1 rings (SSSR count). The number of carbonyl (C=O) groups excluding carboxylic acids is 2. The summed E-state index contributed by atoms with van der Waals surface area (Å²) in [5.74, 6) is -0.769. The fraction of sp³-hybridized carbons (Fsp3) is 0.867. The summed E-state index contributed by atoms with van der Waals surface area (Å²) in [6, 6.07) is 0. The maximum Gasteiger partial charge on any atom is 0.410 e. The van der Waals surface area contributed by atoms with E-state index >= 15 is 0 Å². The number of amides is 1. The van der Waals surface area contributed by atoms with Gasteiger partial charge in [0.05, 0.1) is 11.8 Å². The first-order valence-corrected chi connectivity index (χ1v) is 9.36. The average molecular weight is 349 g/mol. The lowest BCUT2D eigenvalue weighted by molar-refractivity contribution is -0.147. The fourth-order valence-corrected chi connectivity index (χ4v) is 3.26. The van der Waals surface area contributed by atoms with E-state index in [1.165, 1.54) is 25.7 Å². The van der Waals surface area contributed by atoms with Crippen molar-refractivity contribution < 1.29 is 27.5 Å². The lowest BCUT2D eigenvalue weighted by Crippen LogP contribution is -2.38. The molecule has 1 amide bonds. The molecule has 0 unspecified atom stereocenters. The number of nitrogens with zero attached hydrogens (tertiary/aromatic N) is 1. The Morgan fingerprint density at radius 1 is 1.17 bits per heavy atom.